The third kappa shape index (κ3) is 2.80. The second kappa shape index (κ2) is 5.41. The zero-order chi connectivity index (χ0) is 11.4. The largest absolute Gasteiger partial charge is 0.309 e. The molecule has 88 valence electrons. The fraction of sp³-hybridized carbons (Fsp3) is 0.615. The van der Waals surface area contributed by atoms with Crippen molar-refractivity contribution in [1.82, 2.24) is 15.2 Å². The highest BCUT2D eigenvalue weighted by Crippen LogP contribution is 2.16. The number of rotatable bonds is 4. The first-order chi connectivity index (χ1) is 7.77. The summed E-state index contributed by atoms with van der Waals surface area (Å²) in [6.07, 6.45) is 6.38. The summed E-state index contributed by atoms with van der Waals surface area (Å²) >= 11 is 0. The van der Waals surface area contributed by atoms with Crippen molar-refractivity contribution in [2.45, 2.75) is 31.8 Å². The van der Waals surface area contributed by atoms with Gasteiger partial charge in [0.25, 0.3) is 0 Å². The van der Waals surface area contributed by atoms with Crippen LogP contribution in [-0.2, 0) is 0 Å². The van der Waals surface area contributed by atoms with Gasteiger partial charge in [0.15, 0.2) is 0 Å². The molecule has 0 bridgehead atoms. The summed E-state index contributed by atoms with van der Waals surface area (Å²) in [5.74, 6) is 0. The van der Waals surface area contributed by atoms with E-state index in [2.05, 4.69) is 41.3 Å². The van der Waals surface area contributed by atoms with E-state index in [1.165, 1.54) is 24.9 Å². The summed E-state index contributed by atoms with van der Waals surface area (Å²) < 4.78 is 0. The summed E-state index contributed by atoms with van der Waals surface area (Å²) in [4.78, 5) is 6.49. The van der Waals surface area contributed by atoms with E-state index >= 15 is 0 Å². The Kier molecular flexibility index (Phi) is 3.91. The van der Waals surface area contributed by atoms with Crippen LogP contribution in [0.15, 0.2) is 24.5 Å². The number of nitrogens with zero attached hydrogens (tertiary/aromatic N) is 2. The van der Waals surface area contributed by atoms with Crippen LogP contribution < -0.4 is 5.32 Å². The van der Waals surface area contributed by atoms with E-state index in [0.717, 1.165) is 6.54 Å². The van der Waals surface area contributed by atoms with Gasteiger partial charge in [0.05, 0.1) is 0 Å². The van der Waals surface area contributed by atoms with Crippen LogP contribution in [-0.4, -0.2) is 36.1 Å². The molecule has 1 fully saturated rings. The summed E-state index contributed by atoms with van der Waals surface area (Å²) in [6.45, 7) is 4.54. The Bertz CT molecular complexity index is 312. The summed E-state index contributed by atoms with van der Waals surface area (Å²) in [7, 11) is 2.22. The van der Waals surface area contributed by atoms with E-state index in [4.69, 9.17) is 0 Å². The molecule has 1 aliphatic rings. The fourth-order valence-electron chi connectivity index (χ4n) is 2.32. The van der Waals surface area contributed by atoms with Crippen molar-refractivity contribution in [2.75, 3.05) is 20.1 Å². The average Bonchev–Trinajstić information content (AvgIpc) is 2.73. The van der Waals surface area contributed by atoms with Crippen LogP contribution in [0.2, 0.25) is 0 Å². The van der Waals surface area contributed by atoms with Crippen molar-refractivity contribution < 1.29 is 0 Å². The number of likely N-dealkylation sites (N-methyl/N-ethyl adjacent to an activating group) is 1. The maximum Gasteiger partial charge on any atom is 0.0293 e. The van der Waals surface area contributed by atoms with Crippen molar-refractivity contribution in [3.63, 3.8) is 0 Å². The molecule has 1 saturated heterocycles. The molecular weight excluding hydrogens is 198 g/mol. The third-order valence-electron chi connectivity index (χ3n) is 3.54. The van der Waals surface area contributed by atoms with E-state index in [-0.39, 0.29) is 0 Å². The standard InChI is InChI=1S/C13H21N3/c1-11(12-5-7-14-8-6-12)15-10-13-4-3-9-16(13)2/h5-8,11,13,15H,3-4,9-10H2,1-2H3. The molecule has 2 rings (SSSR count). The highest BCUT2D eigenvalue weighted by molar-refractivity contribution is 5.13. The first-order valence-electron chi connectivity index (χ1n) is 6.11. The summed E-state index contributed by atoms with van der Waals surface area (Å²) in [6, 6.07) is 5.28. The molecule has 1 aromatic rings. The molecule has 2 atom stereocenters. The summed E-state index contributed by atoms with van der Waals surface area (Å²) in [5, 5.41) is 3.60. The second-order valence-electron chi connectivity index (χ2n) is 4.69. The summed E-state index contributed by atoms with van der Waals surface area (Å²) in [5.41, 5.74) is 1.32. The van der Waals surface area contributed by atoms with Gasteiger partial charge in [-0.1, -0.05) is 0 Å². The van der Waals surface area contributed by atoms with Crippen molar-refractivity contribution in [3.05, 3.63) is 30.1 Å². The third-order valence-corrected chi connectivity index (χ3v) is 3.54. The molecular formula is C13H21N3. The van der Waals surface area contributed by atoms with Crippen LogP contribution in [0.5, 0.6) is 0 Å². The topological polar surface area (TPSA) is 28.2 Å². The van der Waals surface area contributed by atoms with Gasteiger partial charge < -0.3 is 10.2 Å². The lowest BCUT2D eigenvalue weighted by atomic mass is 10.1. The normalized spacial score (nSPS) is 23.5. The van der Waals surface area contributed by atoms with Crippen LogP contribution >= 0.6 is 0 Å². The van der Waals surface area contributed by atoms with Gasteiger partial charge in [0.2, 0.25) is 0 Å². The van der Waals surface area contributed by atoms with Gasteiger partial charge in [-0.2, -0.15) is 0 Å². The molecule has 1 N–H and O–H groups in total. The fourth-order valence-corrected chi connectivity index (χ4v) is 2.32. The van der Waals surface area contributed by atoms with E-state index in [9.17, 15) is 0 Å². The van der Waals surface area contributed by atoms with Crippen LogP contribution in [0.1, 0.15) is 31.4 Å². The molecule has 2 heterocycles. The van der Waals surface area contributed by atoms with E-state index in [1.54, 1.807) is 0 Å². The number of hydrogen-bond donors (Lipinski definition) is 1. The van der Waals surface area contributed by atoms with Gasteiger partial charge in [-0.05, 0) is 51.1 Å². The van der Waals surface area contributed by atoms with Crippen LogP contribution in [0.25, 0.3) is 0 Å². The smallest absolute Gasteiger partial charge is 0.0293 e. The van der Waals surface area contributed by atoms with Crippen LogP contribution in [0.3, 0.4) is 0 Å². The minimum absolute atomic E-state index is 0.414. The SMILES string of the molecule is CC(NCC1CCCN1C)c1ccncc1. The Morgan fingerprint density at radius 1 is 1.50 bits per heavy atom. The van der Waals surface area contributed by atoms with Crippen molar-refractivity contribution in [3.8, 4) is 0 Å². The number of pyridine rings is 1. The lowest BCUT2D eigenvalue weighted by molar-refractivity contribution is 0.293. The Morgan fingerprint density at radius 2 is 2.25 bits per heavy atom. The lowest BCUT2D eigenvalue weighted by Crippen LogP contribution is -2.36. The quantitative estimate of drug-likeness (QED) is 0.837. The van der Waals surface area contributed by atoms with Gasteiger partial charge in [0.1, 0.15) is 0 Å². The first-order valence-corrected chi connectivity index (χ1v) is 6.11. The Balaban J connectivity index is 1.82. The molecule has 0 radical (unpaired) electrons. The second-order valence-corrected chi connectivity index (χ2v) is 4.69. The maximum atomic E-state index is 4.04. The molecule has 3 heteroatoms. The Morgan fingerprint density at radius 3 is 2.88 bits per heavy atom. The average molecular weight is 219 g/mol. The van der Waals surface area contributed by atoms with Gasteiger partial charge >= 0.3 is 0 Å². The Hall–Kier alpha value is -0.930. The van der Waals surface area contributed by atoms with Crippen molar-refractivity contribution in [2.24, 2.45) is 0 Å². The van der Waals surface area contributed by atoms with Gasteiger partial charge in [-0.3, -0.25) is 4.98 Å². The van der Waals surface area contributed by atoms with E-state index in [0.29, 0.717) is 12.1 Å². The molecule has 1 aliphatic heterocycles. The predicted octanol–water partition coefficient (Wildman–Crippen LogP) is 1.83. The van der Waals surface area contributed by atoms with Crippen LogP contribution in [0, 0.1) is 0 Å². The predicted molar refractivity (Wildman–Crippen MR) is 66.3 cm³/mol. The van der Waals surface area contributed by atoms with Gasteiger partial charge in [-0.25, -0.2) is 0 Å². The number of hydrogen-bond acceptors (Lipinski definition) is 3. The maximum absolute atomic E-state index is 4.04. The highest BCUT2D eigenvalue weighted by Gasteiger charge is 2.20. The van der Waals surface area contributed by atoms with Gasteiger partial charge in [0, 0.05) is 31.0 Å². The van der Waals surface area contributed by atoms with Crippen molar-refractivity contribution in [1.29, 1.82) is 0 Å². The lowest BCUT2D eigenvalue weighted by Gasteiger charge is -2.22. The number of aromatic nitrogens is 1. The monoisotopic (exact) mass is 219 g/mol. The minimum atomic E-state index is 0.414. The molecule has 2 unspecified atom stereocenters. The molecule has 0 saturated carbocycles. The molecule has 3 nitrogen and oxygen atoms in total. The van der Waals surface area contributed by atoms with E-state index in [1.807, 2.05) is 12.4 Å². The van der Waals surface area contributed by atoms with Gasteiger partial charge in [-0.15, -0.1) is 0 Å². The van der Waals surface area contributed by atoms with Crippen LogP contribution in [0.4, 0.5) is 0 Å². The molecule has 1 aromatic heterocycles. The first kappa shape index (κ1) is 11.6. The zero-order valence-corrected chi connectivity index (χ0v) is 10.2. The van der Waals surface area contributed by atoms with Crippen molar-refractivity contribution >= 4 is 0 Å². The van der Waals surface area contributed by atoms with E-state index < -0.39 is 0 Å². The zero-order valence-electron chi connectivity index (χ0n) is 10.2. The number of likely N-dealkylation sites (tertiary alicyclic amines) is 1. The molecule has 0 aromatic carbocycles. The molecule has 16 heavy (non-hydrogen) atoms. The Labute approximate surface area is 97.9 Å². The number of nitrogens with one attached hydrogen (secondary N) is 1. The molecule has 0 amide bonds. The molecule has 0 spiro atoms. The minimum Gasteiger partial charge on any atom is -0.309 e. The molecule has 0 aliphatic carbocycles. The highest BCUT2D eigenvalue weighted by atomic mass is 15.2.